The first-order chi connectivity index (χ1) is 13.4. The predicted molar refractivity (Wildman–Crippen MR) is 103 cm³/mol. The molecule has 0 aliphatic carbocycles. The fourth-order valence-electron chi connectivity index (χ4n) is 2.87. The van der Waals surface area contributed by atoms with Crippen molar-refractivity contribution in [3.8, 4) is 0 Å². The molecule has 1 aliphatic heterocycles. The van der Waals surface area contributed by atoms with Gasteiger partial charge in [-0.15, -0.1) is 10.2 Å². The van der Waals surface area contributed by atoms with E-state index in [0.29, 0.717) is 16.7 Å². The summed E-state index contributed by atoms with van der Waals surface area (Å²) in [5.74, 6) is -0.628. The maximum atomic E-state index is 13.4. The number of halogens is 3. The molecule has 4 rings (SSSR count). The first-order valence-electron chi connectivity index (χ1n) is 8.29. The summed E-state index contributed by atoms with van der Waals surface area (Å²) in [7, 11) is 0. The van der Waals surface area contributed by atoms with E-state index >= 15 is 0 Å². The smallest absolute Gasteiger partial charge is 0.240 e. The molecule has 0 fully saturated rings. The molecule has 0 saturated heterocycles. The van der Waals surface area contributed by atoms with E-state index in [1.165, 1.54) is 42.1 Å². The third-order valence-corrected chi connectivity index (χ3v) is 5.78. The highest BCUT2D eigenvalue weighted by Gasteiger charge is 2.37. The van der Waals surface area contributed by atoms with Gasteiger partial charge in [-0.2, -0.15) is 0 Å². The van der Waals surface area contributed by atoms with Crippen LogP contribution in [0.3, 0.4) is 0 Å². The lowest BCUT2D eigenvalue weighted by atomic mass is 10.0. The summed E-state index contributed by atoms with van der Waals surface area (Å²) in [5.41, 5.74) is 4.32. The van der Waals surface area contributed by atoms with Gasteiger partial charge in [0.25, 0.3) is 0 Å². The van der Waals surface area contributed by atoms with Crippen LogP contribution in [0.4, 0.5) is 14.5 Å². The number of amides is 1. The van der Waals surface area contributed by atoms with E-state index in [2.05, 4.69) is 20.9 Å². The van der Waals surface area contributed by atoms with Crippen LogP contribution < -0.4 is 10.7 Å². The van der Waals surface area contributed by atoms with Crippen molar-refractivity contribution in [1.29, 1.82) is 0 Å². The molecule has 1 aromatic heterocycles. The maximum Gasteiger partial charge on any atom is 0.240 e. The van der Waals surface area contributed by atoms with E-state index in [9.17, 15) is 13.6 Å². The third kappa shape index (κ3) is 3.55. The van der Waals surface area contributed by atoms with Gasteiger partial charge in [0.2, 0.25) is 11.1 Å². The quantitative estimate of drug-likeness (QED) is 0.670. The van der Waals surface area contributed by atoms with Crippen LogP contribution in [0.25, 0.3) is 0 Å². The van der Waals surface area contributed by atoms with Gasteiger partial charge in [0, 0.05) is 5.69 Å². The van der Waals surface area contributed by atoms with Crippen LogP contribution >= 0.6 is 23.4 Å². The Balaban J connectivity index is 1.65. The minimum Gasteiger partial charge on any atom is -0.325 e. The molecule has 2 aromatic carbocycles. The monoisotopic (exact) mass is 421 g/mol. The lowest BCUT2D eigenvalue weighted by Gasteiger charge is -2.32. The Labute approximate surface area is 168 Å². The van der Waals surface area contributed by atoms with Crippen LogP contribution in [0, 0.1) is 18.6 Å². The Morgan fingerprint density at radius 2 is 1.96 bits per heavy atom. The van der Waals surface area contributed by atoms with Crippen molar-refractivity contribution >= 4 is 35.0 Å². The second-order valence-corrected chi connectivity index (χ2v) is 7.70. The molecule has 0 radical (unpaired) electrons. The van der Waals surface area contributed by atoms with Crippen LogP contribution in [0.5, 0.6) is 0 Å². The molecule has 28 heavy (non-hydrogen) atoms. The highest BCUT2D eigenvalue weighted by Crippen LogP contribution is 2.37. The Bertz CT molecular complexity index is 1040. The number of rotatable bonds is 3. The summed E-state index contributed by atoms with van der Waals surface area (Å²) < 4.78 is 28.4. The molecule has 1 amide bonds. The number of nitrogens with zero attached hydrogens (tertiary/aromatic N) is 3. The molecule has 0 spiro atoms. The average Bonchev–Trinajstić information content (AvgIpc) is 3.04. The molecule has 3 aromatic rings. The molecule has 6 nitrogen and oxygen atoms in total. The minimum absolute atomic E-state index is 0.0855. The summed E-state index contributed by atoms with van der Waals surface area (Å²) in [6.07, 6.45) is 0. The molecule has 0 unspecified atom stereocenters. The summed E-state index contributed by atoms with van der Waals surface area (Å²) in [6, 6.07) is 9.40. The van der Waals surface area contributed by atoms with Crippen LogP contribution in [0.1, 0.15) is 17.4 Å². The molecular formula is C18H14ClF2N5OS. The molecule has 1 aliphatic rings. The highest BCUT2D eigenvalue weighted by molar-refractivity contribution is 8.00. The van der Waals surface area contributed by atoms with Crippen molar-refractivity contribution in [3.63, 3.8) is 0 Å². The molecule has 2 heterocycles. The van der Waals surface area contributed by atoms with E-state index in [0.717, 1.165) is 5.56 Å². The van der Waals surface area contributed by atoms with Crippen molar-refractivity contribution < 1.29 is 13.6 Å². The minimum atomic E-state index is -0.634. The summed E-state index contributed by atoms with van der Waals surface area (Å²) in [5, 5.41) is 10.6. The molecule has 0 saturated carbocycles. The number of thioether (sulfide) groups is 1. The second kappa shape index (κ2) is 7.40. The van der Waals surface area contributed by atoms with Crippen LogP contribution in [-0.2, 0) is 4.79 Å². The Kier molecular flexibility index (Phi) is 4.94. The zero-order valence-corrected chi connectivity index (χ0v) is 16.1. The van der Waals surface area contributed by atoms with E-state index in [4.69, 9.17) is 11.6 Å². The summed E-state index contributed by atoms with van der Waals surface area (Å²) in [6.45, 7) is 1.78. The Morgan fingerprint density at radius 3 is 2.68 bits per heavy atom. The topological polar surface area (TPSA) is 71.8 Å². The van der Waals surface area contributed by atoms with E-state index < -0.39 is 17.1 Å². The van der Waals surface area contributed by atoms with Crippen molar-refractivity contribution in [1.82, 2.24) is 14.9 Å². The van der Waals surface area contributed by atoms with E-state index in [1.807, 2.05) is 0 Å². The van der Waals surface area contributed by atoms with E-state index in [1.54, 1.807) is 23.7 Å². The first-order valence-corrected chi connectivity index (χ1v) is 9.55. The van der Waals surface area contributed by atoms with Crippen LogP contribution in [-0.4, -0.2) is 26.0 Å². The number of carbonyl (C=O) groups excluding carboxylic acids is 1. The van der Waals surface area contributed by atoms with Crippen molar-refractivity contribution in [2.24, 2.45) is 0 Å². The van der Waals surface area contributed by atoms with Gasteiger partial charge in [0.1, 0.15) is 22.7 Å². The second-order valence-electron chi connectivity index (χ2n) is 6.18. The number of aromatic nitrogens is 3. The lowest BCUT2D eigenvalue weighted by Crippen LogP contribution is -2.41. The van der Waals surface area contributed by atoms with Gasteiger partial charge >= 0.3 is 0 Å². The SMILES string of the molecule is Cc1nnc2n1N[C@H](c1ccc(F)cc1)[C@H](C(=O)Nc1ccc(F)c(Cl)c1)S2. The number of aryl methyl sites for hydroxylation is 1. The molecular weight excluding hydrogens is 408 g/mol. The number of anilines is 1. The molecule has 0 bridgehead atoms. The average molecular weight is 422 g/mol. The first kappa shape index (κ1) is 18.7. The maximum absolute atomic E-state index is 13.4. The van der Waals surface area contributed by atoms with Crippen molar-refractivity contribution in [2.75, 3.05) is 10.7 Å². The Hall–Kier alpha value is -2.65. The van der Waals surface area contributed by atoms with E-state index in [-0.39, 0.29) is 16.7 Å². The lowest BCUT2D eigenvalue weighted by molar-refractivity contribution is -0.116. The van der Waals surface area contributed by atoms with Gasteiger partial charge in [0.05, 0.1) is 11.1 Å². The Morgan fingerprint density at radius 1 is 1.21 bits per heavy atom. The van der Waals surface area contributed by atoms with Crippen molar-refractivity contribution in [2.45, 2.75) is 23.4 Å². The molecule has 2 atom stereocenters. The van der Waals surface area contributed by atoms with Gasteiger partial charge in [0.15, 0.2) is 0 Å². The van der Waals surface area contributed by atoms with Gasteiger partial charge in [-0.25, -0.2) is 13.5 Å². The normalized spacial score (nSPS) is 18.3. The number of fused-ring (bicyclic) bond motifs is 1. The van der Waals surface area contributed by atoms with Crippen LogP contribution in [0.15, 0.2) is 47.6 Å². The third-order valence-electron chi connectivity index (χ3n) is 4.27. The molecule has 10 heteroatoms. The number of nitrogens with one attached hydrogen (secondary N) is 2. The fourth-order valence-corrected chi connectivity index (χ4v) is 4.17. The summed E-state index contributed by atoms with van der Waals surface area (Å²) >= 11 is 7.02. The zero-order chi connectivity index (χ0) is 19.8. The van der Waals surface area contributed by atoms with Gasteiger partial charge in [-0.3, -0.25) is 4.79 Å². The highest BCUT2D eigenvalue weighted by atomic mass is 35.5. The number of carbonyl (C=O) groups is 1. The molecule has 2 N–H and O–H groups in total. The van der Waals surface area contributed by atoms with Crippen molar-refractivity contribution in [3.05, 3.63) is 70.5 Å². The van der Waals surface area contributed by atoms with Gasteiger partial charge in [-0.05, 0) is 42.8 Å². The standard InChI is InChI=1S/C18H14ClF2N5OS/c1-9-23-24-18-26(9)25-15(10-2-4-11(20)5-3-10)16(28-18)17(27)22-12-6-7-14(21)13(19)8-12/h2-8,15-16,25H,1H3,(H,22,27)/t15-,16-/m1/s1. The number of benzene rings is 2. The number of hydrogen-bond acceptors (Lipinski definition) is 5. The fraction of sp³-hybridized carbons (Fsp3) is 0.167. The van der Waals surface area contributed by atoms with Gasteiger partial charge < -0.3 is 10.7 Å². The number of hydrogen-bond donors (Lipinski definition) is 2. The zero-order valence-electron chi connectivity index (χ0n) is 14.5. The van der Waals surface area contributed by atoms with Gasteiger partial charge in [-0.1, -0.05) is 35.5 Å². The molecule has 144 valence electrons. The van der Waals surface area contributed by atoms with Crippen LogP contribution in [0.2, 0.25) is 5.02 Å². The summed E-state index contributed by atoms with van der Waals surface area (Å²) in [4.78, 5) is 13.0. The largest absolute Gasteiger partial charge is 0.325 e. The predicted octanol–water partition coefficient (Wildman–Crippen LogP) is 3.92.